The minimum Gasteiger partial charge on any atom is -0.456 e. The summed E-state index contributed by atoms with van der Waals surface area (Å²) < 4.78 is 13.5. The number of hydrogen-bond donors (Lipinski definition) is 0. The number of aromatic nitrogens is 5. The molecule has 4 heterocycles. The molecule has 13 aromatic rings. The Balaban J connectivity index is 1.03. The van der Waals surface area contributed by atoms with Gasteiger partial charge >= 0.3 is 0 Å². The first-order valence-corrected chi connectivity index (χ1v) is 20.9. The summed E-state index contributed by atoms with van der Waals surface area (Å²) in [6.07, 6.45) is 0. The number of benzene rings is 9. The number of furan rings is 1. The van der Waals surface area contributed by atoms with Gasteiger partial charge in [-0.15, -0.1) is 10.2 Å². The van der Waals surface area contributed by atoms with Gasteiger partial charge < -0.3 is 13.6 Å². The van der Waals surface area contributed by atoms with E-state index in [-0.39, 0.29) is 0 Å². The molecular formula is C56H35N5O. The lowest BCUT2D eigenvalue weighted by Crippen LogP contribution is -2.02. The van der Waals surface area contributed by atoms with Gasteiger partial charge in [-0.1, -0.05) is 152 Å². The Morgan fingerprint density at radius 2 is 0.790 bits per heavy atom. The van der Waals surface area contributed by atoms with E-state index in [4.69, 9.17) is 14.6 Å². The van der Waals surface area contributed by atoms with Crippen molar-refractivity contribution in [2.45, 2.75) is 0 Å². The average Bonchev–Trinajstić information content (AvgIpc) is 4.11. The molecule has 6 nitrogen and oxygen atoms in total. The van der Waals surface area contributed by atoms with Crippen LogP contribution in [0.15, 0.2) is 217 Å². The van der Waals surface area contributed by atoms with Crippen molar-refractivity contribution >= 4 is 65.6 Å². The fourth-order valence-electron chi connectivity index (χ4n) is 9.68. The van der Waals surface area contributed by atoms with E-state index < -0.39 is 0 Å². The Morgan fingerprint density at radius 3 is 1.42 bits per heavy atom. The lowest BCUT2D eigenvalue weighted by atomic mass is 10.0. The maximum atomic E-state index is 6.48. The van der Waals surface area contributed by atoms with Crippen molar-refractivity contribution in [3.63, 3.8) is 0 Å². The molecule has 62 heavy (non-hydrogen) atoms. The van der Waals surface area contributed by atoms with Gasteiger partial charge in [-0.25, -0.2) is 0 Å². The molecular weight excluding hydrogens is 759 g/mol. The minimum absolute atomic E-state index is 0.792. The molecule has 0 radical (unpaired) electrons. The van der Waals surface area contributed by atoms with Crippen LogP contribution in [0, 0.1) is 0 Å². The van der Waals surface area contributed by atoms with E-state index >= 15 is 0 Å². The lowest BCUT2D eigenvalue weighted by molar-refractivity contribution is 0.669. The minimum atomic E-state index is 0.792. The van der Waals surface area contributed by atoms with Crippen molar-refractivity contribution in [3.8, 4) is 51.0 Å². The SMILES string of the molecule is c1ccc(-c2nnc(-c3ccccc3)n2-c2ccc3c(c2)c2ccccc2n3-c2ccccc2-c2ccccc2-n2c3ccccc3c3cc4c(cc32)oc2ccccc24)cc1. The molecule has 0 saturated heterocycles. The number of rotatable bonds is 6. The Morgan fingerprint density at radius 1 is 0.306 bits per heavy atom. The van der Waals surface area contributed by atoms with Crippen molar-refractivity contribution in [1.29, 1.82) is 0 Å². The van der Waals surface area contributed by atoms with Crippen LogP contribution >= 0.6 is 0 Å². The monoisotopic (exact) mass is 793 g/mol. The van der Waals surface area contributed by atoms with E-state index in [1.54, 1.807) is 0 Å². The second kappa shape index (κ2) is 13.5. The zero-order chi connectivity index (χ0) is 40.7. The number of nitrogens with zero attached hydrogens (tertiary/aromatic N) is 5. The Hall–Kier alpha value is -8.48. The molecule has 0 spiro atoms. The molecule has 0 atom stereocenters. The van der Waals surface area contributed by atoms with Crippen molar-refractivity contribution in [3.05, 3.63) is 212 Å². The highest BCUT2D eigenvalue weighted by molar-refractivity contribution is 6.18. The van der Waals surface area contributed by atoms with Crippen molar-refractivity contribution in [1.82, 2.24) is 23.9 Å². The van der Waals surface area contributed by atoms with Gasteiger partial charge in [0.1, 0.15) is 11.2 Å². The maximum Gasteiger partial charge on any atom is 0.168 e. The first-order valence-electron chi connectivity index (χ1n) is 20.9. The van der Waals surface area contributed by atoms with Crippen LogP contribution in [0.5, 0.6) is 0 Å². The van der Waals surface area contributed by atoms with E-state index in [2.05, 4.69) is 177 Å². The molecule has 0 aliphatic heterocycles. The summed E-state index contributed by atoms with van der Waals surface area (Å²) in [5.41, 5.74) is 13.7. The number of para-hydroxylation sites is 5. The highest BCUT2D eigenvalue weighted by Gasteiger charge is 2.23. The first-order chi connectivity index (χ1) is 30.8. The van der Waals surface area contributed by atoms with Gasteiger partial charge in [-0.2, -0.15) is 0 Å². The Bertz CT molecular complexity index is 3810. The highest BCUT2D eigenvalue weighted by Crippen LogP contribution is 2.43. The fraction of sp³-hybridized carbons (Fsp3) is 0. The second-order valence-electron chi connectivity index (χ2n) is 15.8. The van der Waals surface area contributed by atoms with Gasteiger partial charge in [-0.05, 0) is 54.6 Å². The van der Waals surface area contributed by atoms with Crippen LogP contribution in [-0.2, 0) is 0 Å². The molecule has 0 N–H and O–H groups in total. The van der Waals surface area contributed by atoms with Crippen molar-refractivity contribution in [2.75, 3.05) is 0 Å². The predicted octanol–water partition coefficient (Wildman–Crippen LogP) is 14.4. The van der Waals surface area contributed by atoms with Crippen LogP contribution < -0.4 is 0 Å². The third-order valence-electron chi connectivity index (χ3n) is 12.4. The fourth-order valence-corrected chi connectivity index (χ4v) is 9.68. The molecule has 4 aromatic heterocycles. The summed E-state index contributed by atoms with van der Waals surface area (Å²) in [7, 11) is 0. The molecule has 0 saturated carbocycles. The molecule has 0 unspecified atom stereocenters. The predicted molar refractivity (Wildman–Crippen MR) is 254 cm³/mol. The summed E-state index contributed by atoms with van der Waals surface area (Å²) in [5, 5.41) is 16.5. The smallest absolute Gasteiger partial charge is 0.168 e. The van der Waals surface area contributed by atoms with Gasteiger partial charge in [0.15, 0.2) is 11.6 Å². The molecule has 0 fully saturated rings. The second-order valence-corrected chi connectivity index (χ2v) is 15.8. The molecule has 290 valence electrons. The Kier molecular flexibility index (Phi) is 7.50. The number of fused-ring (bicyclic) bond motifs is 9. The molecule has 0 aliphatic rings. The lowest BCUT2D eigenvalue weighted by Gasteiger charge is -2.18. The van der Waals surface area contributed by atoms with Gasteiger partial charge in [0.25, 0.3) is 0 Å². The zero-order valence-electron chi connectivity index (χ0n) is 33.4. The van der Waals surface area contributed by atoms with Gasteiger partial charge in [0.05, 0.1) is 39.1 Å². The van der Waals surface area contributed by atoms with E-state index in [0.29, 0.717) is 0 Å². The molecule has 13 rings (SSSR count). The van der Waals surface area contributed by atoms with Gasteiger partial charge in [-0.3, -0.25) is 4.57 Å². The van der Waals surface area contributed by atoms with Crippen LogP contribution in [0.2, 0.25) is 0 Å². The molecule has 6 heteroatoms. The van der Waals surface area contributed by atoms with E-state index in [1.165, 1.54) is 16.2 Å². The molecule has 0 amide bonds. The van der Waals surface area contributed by atoms with E-state index in [9.17, 15) is 0 Å². The van der Waals surface area contributed by atoms with Crippen LogP contribution in [0.1, 0.15) is 0 Å². The number of hydrogen-bond acceptors (Lipinski definition) is 3. The van der Waals surface area contributed by atoms with Crippen LogP contribution in [0.25, 0.3) is 117 Å². The molecule has 0 bridgehead atoms. The standard InChI is InChI=1S/C56H35N5O/c1-3-17-36(18-4-1)55-57-58-56(37-19-5-2-6-20-37)59(55)38-31-32-51-44(33-38)41-23-9-14-28-49(41)60(51)47-26-12-7-21-39(47)40-22-8-13-27-48(40)61-50-29-15-10-24-42(50)45-34-46-43-25-11-16-30-53(43)62-54(46)35-52(45)61/h1-35H. The highest BCUT2D eigenvalue weighted by atomic mass is 16.3. The quantitative estimate of drug-likeness (QED) is 0.168. The van der Waals surface area contributed by atoms with E-state index in [0.717, 1.165) is 100 Å². The first kappa shape index (κ1) is 34.4. The van der Waals surface area contributed by atoms with E-state index in [1.807, 2.05) is 48.5 Å². The van der Waals surface area contributed by atoms with Crippen LogP contribution in [0.3, 0.4) is 0 Å². The summed E-state index contributed by atoms with van der Waals surface area (Å²) in [6.45, 7) is 0. The summed E-state index contributed by atoms with van der Waals surface area (Å²) >= 11 is 0. The van der Waals surface area contributed by atoms with Gasteiger partial charge in [0.2, 0.25) is 0 Å². The van der Waals surface area contributed by atoms with Crippen molar-refractivity contribution in [2.24, 2.45) is 0 Å². The summed E-state index contributed by atoms with van der Waals surface area (Å²) in [6, 6.07) is 75.2. The largest absolute Gasteiger partial charge is 0.456 e. The maximum absolute atomic E-state index is 6.48. The Labute approximate surface area is 355 Å². The molecule has 9 aromatic carbocycles. The third-order valence-corrected chi connectivity index (χ3v) is 12.4. The zero-order valence-corrected chi connectivity index (χ0v) is 33.4. The van der Waals surface area contributed by atoms with Crippen molar-refractivity contribution < 1.29 is 4.42 Å². The average molecular weight is 794 g/mol. The molecule has 0 aliphatic carbocycles. The summed E-state index contributed by atoms with van der Waals surface area (Å²) in [4.78, 5) is 0. The topological polar surface area (TPSA) is 53.7 Å². The summed E-state index contributed by atoms with van der Waals surface area (Å²) in [5.74, 6) is 1.58. The van der Waals surface area contributed by atoms with Crippen LogP contribution in [-0.4, -0.2) is 23.9 Å². The normalized spacial score (nSPS) is 11.9. The third kappa shape index (κ3) is 5.10. The van der Waals surface area contributed by atoms with Gasteiger partial charge in [0, 0.05) is 60.6 Å². The van der Waals surface area contributed by atoms with Crippen LogP contribution in [0.4, 0.5) is 0 Å².